The van der Waals surface area contributed by atoms with Gasteiger partial charge in [0.2, 0.25) is 0 Å². The highest BCUT2D eigenvalue weighted by Gasteiger charge is 2.24. The summed E-state index contributed by atoms with van der Waals surface area (Å²) in [5.41, 5.74) is 2.46. The number of thiophene rings is 2. The van der Waals surface area contributed by atoms with Crippen molar-refractivity contribution in [3.05, 3.63) is 57.4 Å². The van der Waals surface area contributed by atoms with E-state index in [1.807, 2.05) is 23.5 Å². The fraction of sp³-hybridized carbons (Fsp3) is 0.304. The zero-order chi connectivity index (χ0) is 20.5. The van der Waals surface area contributed by atoms with Crippen LogP contribution >= 0.6 is 22.7 Å². The van der Waals surface area contributed by atoms with E-state index in [1.165, 1.54) is 33.5 Å². The van der Waals surface area contributed by atoms with Gasteiger partial charge in [0.25, 0.3) is 0 Å². The van der Waals surface area contributed by atoms with Crippen molar-refractivity contribution in [2.24, 2.45) is 0 Å². The van der Waals surface area contributed by atoms with Gasteiger partial charge in [0.15, 0.2) is 11.5 Å². The number of nitrogens with zero attached hydrogens (tertiary/aromatic N) is 3. The maximum absolute atomic E-state index is 5.58. The number of ether oxygens (including phenoxy) is 2. The molecule has 0 unspecified atom stereocenters. The number of rotatable bonds is 6. The molecule has 0 atom stereocenters. The summed E-state index contributed by atoms with van der Waals surface area (Å²) in [5, 5.41) is 3.33. The van der Waals surface area contributed by atoms with Crippen molar-refractivity contribution in [2.75, 3.05) is 19.1 Å². The van der Waals surface area contributed by atoms with Gasteiger partial charge in [-0.05, 0) is 54.8 Å². The smallest absolute Gasteiger partial charge is 0.162 e. The van der Waals surface area contributed by atoms with Crippen LogP contribution in [-0.2, 0) is 19.4 Å². The van der Waals surface area contributed by atoms with Gasteiger partial charge >= 0.3 is 0 Å². The first-order chi connectivity index (χ1) is 14.8. The van der Waals surface area contributed by atoms with E-state index in [1.54, 1.807) is 31.9 Å². The van der Waals surface area contributed by atoms with E-state index in [2.05, 4.69) is 33.5 Å². The molecule has 3 heterocycles. The first kappa shape index (κ1) is 19.3. The van der Waals surface area contributed by atoms with E-state index >= 15 is 0 Å². The predicted molar refractivity (Wildman–Crippen MR) is 124 cm³/mol. The molecule has 4 aromatic rings. The van der Waals surface area contributed by atoms with Crippen molar-refractivity contribution >= 4 is 44.4 Å². The number of benzene rings is 1. The Kier molecular flexibility index (Phi) is 5.31. The molecule has 1 aliphatic carbocycles. The Hall–Kier alpha value is -2.64. The Labute approximate surface area is 183 Å². The summed E-state index contributed by atoms with van der Waals surface area (Å²) in [6, 6.07) is 10.3. The van der Waals surface area contributed by atoms with Crippen LogP contribution in [0.25, 0.3) is 10.2 Å². The molecule has 0 saturated carbocycles. The summed E-state index contributed by atoms with van der Waals surface area (Å²) in [7, 11) is 3.33. The van der Waals surface area contributed by atoms with E-state index in [0.717, 1.165) is 41.5 Å². The van der Waals surface area contributed by atoms with E-state index < -0.39 is 0 Å². The standard InChI is InChI=1S/C23H23N3O2S2/c1-27-18-10-9-15(12-19(18)28-2)26(13-16-6-5-11-29-16)22-21-17-7-3-4-8-20(17)30-23(21)25-14-24-22/h5-6,9-12,14H,3-4,7-8,13H2,1-2H3. The highest BCUT2D eigenvalue weighted by atomic mass is 32.1. The molecule has 1 aromatic carbocycles. The largest absolute Gasteiger partial charge is 0.493 e. The SMILES string of the molecule is COc1ccc(N(Cc2cccs2)c2ncnc3sc4c(c23)CCCC4)cc1OC. The summed E-state index contributed by atoms with van der Waals surface area (Å²) in [6.07, 6.45) is 6.44. The van der Waals surface area contributed by atoms with Crippen LogP contribution in [0.1, 0.15) is 28.2 Å². The summed E-state index contributed by atoms with van der Waals surface area (Å²) < 4.78 is 11.0. The van der Waals surface area contributed by atoms with Crippen molar-refractivity contribution in [3.63, 3.8) is 0 Å². The quantitative estimate of drug-likeness (QED) is 0.371. The van der Waals surface area contributed by atoms with Crippen molar-refractivity contribution < 1.29 is 9.47 Å². The fourth-order valence-electron chi connectivity index (χ4n) is 4.12. The Morgan fingerprint density at radius 1 is 1.03 bits per heavy atom. The topological polar surface area (TPSA) is 47.5 Å². The van der Waals surface area contributed by atoms with Gasteiger partial charge in [0, 0.05) is 21.5 Å². The Morgan fingerprint density at radius 3 is 2.70 bits per heavy atom. The van der Waals surface area contributed by atoms with E-state index in [4.69, 9.17) is 14.5 Å². The maximum atomic E-state index is 5.58. The molecule has 5 rings (SSSR count). The summed E-state index contributed by atoms with van der Waals surface area (Å²) >= 11 is 3.58. The van der Waals surface area contributed by atoms with Gasteiger partial charge in [0.1, 0.15) is 17.0 Å². The van der Waals surface area contributed by atoms with Crippen molar-refractivity contribution in [2.45, 2.75) is 32.2 Å². The van der Waals surface area contributed by atoms with E-state index in [0.29, 0.717) is 5.75 Å². The third-order valence-electron chi connectivity index (χ3n) is 5.56. The average molecular weight is 438 g/mol. The molecular formula is C23H23N3O2S2. The molecule has 0 saturated heterocycles. The van der Waals surface area contributed by atoms with Crippen LogP contribution in [0.2, 0.25) is 0 Å². The Morgan fingerprint density at radius 2 is 1.90 bits per heavy atom. The Balaban J connectivity index is 1.69. The molecule has 7 heteroatoms. The van der Waals surface area contributed by atoms with Gasteiger partial charge in [-0.1, -0.05) is 6.07 Å². The summed E-state index contributed by atoms with van der Waals surface area (Å²) in [6.45, 7) is 0.740. The monoisotopic (exact) mass is 437 g/mol. The van der Waals surface area contributed by atoms with Crippen LogP contribution in [0.4, 0.5) is 11.5 Å². The molecule has 0 spiro atoms. The minimum absolute atomic E-state index is 0.712. The lowest BCUT2D eigenvalue weighted by Gasteiger charge is -2.25. The number of hydrogen-bond acceptors (Lipinski definition) is 7. The molecule has 0 radical (unpaired) electrons. The molecule has 0 aliphatic heterocycles. The number of aryl methyl sites for hydroxylation is 2. The second kappa shape index (κ2) is 8.24. The molecule has 0 N–H and O–H groups in total. The van der Waals surface area contributed by atoms with Gasteiger partial charge in [-0.25, -0.2) is 9.97 Å². The molecule has 30 heavy (non-hydrogen) atoms. The van der Waals surface area contributed by atoms with Crippen LogP contribution in [-0.4, -0.2) is 24.2 Å². The van der Waals surface area contributed by atoms with Crippen LogP contribution < -0.4 is 14.4 Å². The van der Waals surface area contributed by atoms with Gasteiger partial charge in [-0.3, -0.25) is 0 Å². The number of anilines is 2. The molecule has 5 nitrogen and oxygen atoms in total. The number of methoxy groups -OCH3 is 2. The molecule has 0 amide bonds. The van der Waals surface area contributed by atoms with Gasteiger partial charge in [0.05, 0.1) is 26.2 Å². The van der Waals surface area contributed by atoms with Gasteiger partial charge < -0.3 is 14.4 Å². The lowest BCUT2D eigenvalue weighted by molar-refractivity contribution is 0.355. The fourth-order valence-corrected chi connectivity index (χ4v) is 6.03. The molecular weight excluding hydrogens is 414 g/mol. The summed E-state index contributed by atoms with van der Waals surface area (Å²) in [5.74, 6) is 2.40. The normalized spacial score (nSPS) is 13.3. The van der Waals surface area contributed by atoms with Crippen molar-refractivity contribution in [1.82, 2.24) is 9.97 Å². The van der Waals surface area contributed by atoms with E-state index in [-0.39, 0.29) is 0 Å². The molecule has 154 valence electrons. The zero-order valence-electron chi connectivity index (χ0n) is 17.1. The van der Waals surface area contributed by atoms with Crippen molar-refractivity contribution in [3.8, 4) is 11.5 Å². The van der Waals surface area contributed by atoms with Crippen LogP contribution in [0.15, 0.2) is 42.0 Å². The predicted octanol–water partition coefficient (Wildman–Crippen LogP) is 5.99. The second-order valence-electron chi connectivity index (χ2n) is 7.29. The molecule has 3 aromatic heterocycles. The van der Waals surface area contributed by atoms with Crippen LogP contribution in [0.5, 0.6) is 11.5 Å². The number of fused-ring (bicyclic) bond motifs is 3. The van der Waals surface area contributed by atoms with Crippen LogP contribution in [0, 0.1) is 0 Å². The number of aromatic nitrogens is 2. The number of hydrogen-bond donors (Lipinski definition) is 0. The minimum Gasteiger partial charge on any atom is -0.493 e. The second-order valence-corrected chi connectivity index (χ2v) is 9.41. The lowest BCUT2D eigenvalue weighted by Crippen LogP contribution is -2.18. The first-order valence-corrected chi connectivity index (χ1v) is 11.8. The van der Waals surface area contributed by atoms with Crippen molar-refractivity contribution in [1.29, 1.82) is 0 Å². The summed E-state index contributed by atoms with van der Waals surface area (Å²) in [4.78, 5) is 15.5. The van der Waals surface area contributed by atoms with Gasteiger partial charge in [-0.2, -0.15) is 0 Å². The molecule has 1 aliphatic rings. The third-order valence-corrected chi connectivity index (χ3v) is 7.62. The molecule has 0 bridgehead atoms. The van der Waals surface area contributed by atoms with Crippen LogP contribution in [0.3, 0.4) is 0 Å². The molecule has 0 fully saturated rings. The highest BCUT2D eigenvalue weighted by Crippen LogP contribution is 2.42. The van der Waals surface area contributed by atoms with Gasteiger partial charge in [-0.15, -0.1) is 22.7 Å². The average Bonchev–Trinajstić information content (AvgIpc) is 3.44. The first-order valence-electron chi connectivity index (χ1n) is 10.1. The zero-order valence-corrected chi connectivity index (χ0v) is 18.7. The maximum Gasteiger partial charge on any atom is 0.162 e. The minimum atomic E-state index is 0.712. The highest BCUT2D eigenvalue weighted by molar-refractivity contribution is 7.19. The lowest BCUT2D eigenvalue weighted by atomic mass is 9.97. The van der Waals surface area contributed by atoms with E-state index in [9.17, 15) is 0 Å². The Bertz CT molecular complexity index is 1170. The third kappa shape index (κ3) is 3.42.